The van der Waals surface area contributed by atoms with E-state index in [9.17, 15) is 9.59 Å². The Kier molecular flexibility index (Phi) is 7.07. The highest BCUT2D eigenvalue weighted by molar-refractivity contribution is 5.78. The van der Waals surface area contributed by atoms with Gasteiger partial charge in [-0.2, -0.15) is 0 Å². The van der Waals surface area contributed by atoms with Gasteiger partial charge in [-0.25, -0.2) is 14.8 Å². The number of hydrogen-bond donors (Lipinski definition) is 1. The largest absolute Gasteiger partial charge is 0.467 e. The molecule has 182 valence electrons. The van der Waals surface area contributed by atoms with Crippen LogP contribution in [0.1, 0.15) is 76.5 Å². The molecule has 0 aromatic carbocycles. The number of piperidine rings is 1. The molecule has 0 unspecified atom stereocenters. The summed E-state index contributed by atoms with van der Waals surface area (Å²) in [5, 5.41) is 2.99. The fourth-order valence-corrected chi connectivity index (χ4v) is 5.21. The second-order valence-electron chi connectivity index (χ2n) is 10.3. The van der Waals surface area contributed by atoms with Gasteiger partial charge in [-0.15, -0.1) is 0 Å². The van der Waals surface area contributed by atoms with E-state index >= 15 is 0 Å². The van der Waals surface area contributed by atoms with Crippen molar-refractivity contribution >= 4 is 12.0 Å². The van der Waals surface area contributed by atoms with Crippen LogP contribution in [0.15, 0.2) is 6.33 Å². The topological polar surface area (TPSA) is 103 Å². The van der Waals surface area contributed by atoms with E-state index in [1.807, 2.05) is 27.7 Å². The van der Waals surface area contributed by atoms with Gasteiger partial charge in [0.15, 0.2) is 6.61 Å². The Hall–Kier alpha value is -2.42. The maximum atomic E-state index is 13.2. The molecule has 4 aliphatic rings. The molecule has 1 saturated carbocycles. The number of aryl methyl sites for hydroxylation is 1. The molecular weight excluding hydrogens is 424 g/mol. The Bertz CT molecular complexity index is 863. The fourth-order valence-electron chi connectivity index (χ4n) is 5.21. The normalized spacial score (nSPS) is 28.4. The number of hydrogen-bond acceptors (Lipinski definition) is 7. The lowest BCUT2D eigenvalue weighted by Gasteiger charge is -2.42. The van der Waals surface area contributed by atoms with Crippen LogP contribution < -0.4 is 10.1 Å². The first-order chi connectivity index (χ1) is 15.7. The molecule has 1 aliphatic carbocycles. The zero-order valence-electron chi connectivity index (χ0n) is 20.1. The molecule has 2 amide bonds. The Morgan fingerprint density at radius 3 is 2.67 bits per heavy atom. The zero-order valence-corrected chi connectivity index (χ0v) is 20.1. The van der Waals surface area contributed by atoms with Crippen LogP contribution in [0, 0.1) is 6.92 Å². The highest BCUT2D eigenvalue weighted by Gasteiger charge is 2.38. The lowest BCUT2D eigenvalue weighted by Crippen LogP contribution is -2.60. The minimum absolute atomic E-state index is 0.102. The predicted molar refractivity (Wildman–Crippen MR) is 121 cm³/mol. The standard InChI is InChI=1S/C24H36N4O5/c1-15-21-16-7-9-17(10-8-16)31-12-19-18(27-23(30)33-24(2,3)4)6-5-11-28(19)20(29)13-32-22(21)26-14-25-15/h14,16-19H,5-13H2,1-4H3,(H,27,30)/t16-,17+,18-,19-/m0/s1. The highest BCUT2D eigenvalue weighted by atomic mass is 16.6. The number of nitrogens with zero attached hydrogens (tertiary/aromatic N) is 3. The molecule has 3 aliphatic heterocycles. The van der Waals surface area contributed by atoms with Gasteiger partial charge in [0.25, 0.3) is 5.91 Å². The summed E-state index contributed by atoms with van der Waals surface area (Å²) >= 11 is 0. The Balaban J connectivity index is 1.56. The van der Waals surface area contributed by atoms with Crippen LogP contribution in [-0.4, -0.2) is 70.4 Å². The van der Waals surface area contributed by atoms with Crippen LogP contribution >= 0.6 is 0 Å². The summed E-state index contributed by atoms with van der Waals surface area (Å²) < 4.78 is 17.8. The van der Waals surface area contributed by atoms with Gasteiger partial charge in [-0.1, -0.05) is 0 Å². The van der Waals surface area contributed by atoms with Crippen molar-refractivity contribution in [2.75, 3.05) is 19.8 Å². The molecule has 0 spiro atoms. The molecule has 0 radical (unpaired) electrons. The van der Waals surface area contributed by atoms with Crippen LogP contribution in [0.3, 0.4) is 0 Å². The lowest BCUT2D eigenvalue weighted by atomic mass is 9.82. The number of alkyl carbamates (subject to hydrolysis) is 1. The summed E-state index contributed by atoms with van der Waals surface area (Å²) in [6, 6.07) is -0.511. The van der Waals surface area contributed by atoms with Crippen molar-refractivity contribution in [3.63, 3.8) is 0 Å². The third kappa shape index (κ3) is 5.75. The highest BCUT2D eigenvalue weighted by Crippen LogP contribution is 2.39. The molecule has 9 nitrogen and oxygen atoms in total. The van der Waals surface area contributed by atoms with Crippen molar-refractivity contribution in [2.45, 2.75) is 95.9 Å². The van der Waals surface area contributed by atoms with Crippen LogP contribution in [0.2, 0.25) is 0 Å². The molecular formula is C24H36N4O5. The van der Waals surface area contributed by atoms with Crippen molar-refractivity contribution in [1.82, 2.24) is 20.2 Å². The van der Waals surface area contributed by atoms with Crippen molar-refractivity contribution in [3.05, 3.63) is 17.6 Å². The first-order valence-electron chi connectivity index (χ1n) is 12.1. The summed E-state index contributed by atoms with van der Waals surface area (Å²) in [6.45, 7) is 8.36. The molecule has 2 fully saturated rings. The van der Waals surface area contributed by atoms with Crippen molar-refractivity contribution in [3.8, 4) is 5.88 Å². The minimum atomic E-state index is -0.588. The first-order valence-corrected chi connectivity index (χ1v) is 12.1. The third-order valence-corrected chi connectivity index (χ3v) is 6.77. The summed E-state index contributed by atoms with van der Waals surface area (Å²) in [7, 11) is 0. The Morgan fingerprint density at radius 1 is 1.18 bits per heavy atom. The fraction of sp³-hybridized carbons (Fsp3) is 0.750. The predicted octanol–water partition coefficient (Wildman–Crippen LogP) is 3.10. The summed E-state index contributed by atoms with van der Waals surface area (Å²) in [5.74, 6) is 0.686. The number of aromatic nitrogens is 2. The van der Waals surface area contributed by atoms with E-state index in [-0.39, 0.29) is 30.7 Å². The van der Waals surface area contributed by atoms with E-state index in [0.717, 1.165) is 49.8 Å². The van der Waals surface area contributed by atoms with Crippen LogP contribution in [-0.2, 0) is 14.3 Å². The van der Waals surface area contributed by atoms with Gasteiger partial charge in [0.2, 0.25) is 5.88 Å². The summed E-state index contributed by atoms with van der Waals surface area (Å²) in [4.78, 5) is 36.3. The first kappa shape index (κ1) is 23.7. The third-order valence-electron chi connectivity index (χ3n) is 6.77. The smallest absolute Gasteiger partial charge is 0.407 e. The molecule has 2 atom stereocenters. The van der Waals surface area contributed by atoms with Gasteiger partial charge >= 0.3 is 6.09 Å². The van der Waals surface area contributed by atoms with Gasteiger partial charge in [-0.3, -0.25) is 4.79 Å². The van der Waals surface area contributed by atoms with E-state index in [2.05, 4.69) is 15.3 Å². The van der Waals surface area contributed by atoms with Gasteiger partial charge in [0, 0.05) is 17.8 Å². The number of ether oxygens (including phenoxy) is 3. The van der Waals surface area contributed by atoms with Crippen LogP contribution in [0.4, 0.5) is 4.79 Å². The lowest BCUT2D eigenvalue weighted by molar-refractivity contribution is -0.141. The molecule has 1 N–H and O–H groups in total. The summed E-state index contributed by atoms with van der Waals surface area (Å²) in [5.41, 5.74) is 1.34. The SMILES string of the molecule is Cc1ncnc2c1[C@H]1CC[C@H](CC1)OC[C@H]1[C@@H](NC(=O)OC(C)(C)C)CCCN1C(=O)CO2. The molecule has 4 heterocycles. The van der Waals surface area contributed by atoms with Crippen molar-refractivity contribution in [1.29, 1.82) is 0 Å². The number of carbonyl (C=O) groups is 2. The molecule has 1 saturated heterocycles. The monoisotopic (exact) mass is 460 g/mol. The molecule has 1 aromatic heterocycles. The Labute approximate surface area is 195 Å². The zero-order chi connectivity index (χ0) is 23.6. The average Bonchev–Trinajstić information content (AvgIpc) is 2.76. The van der Waals surface area contributed by atoms with Crippen LogP contribution in [0.25, 0.3) is 0 Å². The molecule has 2 bridgehead atoms. The number of amides is 2. The van der Waals surface area contributed by atoms with E-state index in [4.69, 9.17) is 14.2 Å². The van der Waals surface area contributed by atoms with E-state index in [1.54, 1.807) is 4.90 Å². The van der Waals surface area contributed by atoms with Crippen LogP contribution in [0.5, 0.6) is 5.88 Å². The van der Waals surface area contributed by atoms with E-state index in [1.165, 1.54) is 6.33 Å². The number of carbonyl (C=O) groups excluding carboxylic acids is 2. The van der Waals surface area contributed by atoms with Gasteiger partial charge in [0.1, 0.15) is 11.9 Å². The van der Waals surface area contributed by atoms with Gasteiger partial charge in [-0.05, 0) is 72.1 Å². The maximum Gasteiger partial charge on any atom is 0.407 e. The Morgan fingerprint density at radius 2 is 1.94 bits per heavy atom. The molecule has 5 rings (SSSR count). The second kappa shape index (κ2) is 9.83. The van der Waals surface area contributed by atoms with Gasteiger partial charge < -0.3 is 24.4 Å². The van der Waals surface area contributed by atoms with Crippen molar-refractivity contribution < 1.29 is 23.8 Å². The quantitative estimate of drug-likeness (QED) is 0.687. The average molecular weight is 461 g/mol. The van der Waals surface area contributed by atoms with E-state index in [0.29, 0.717) is 24.9 Å². The second-order valence-corrected chi connectivity index (χ2v) is 10.3. The summed E-state index contributed by atoms with van der Waals surface area (Å²) in [6.07, 6.45) is 6.52. The number of fused-ring (bicyclic) bond motifs is 5. The number of nitrogens with one attached hydrogen (secondary N) is 1. The molecule has 33 heavy (non-hydrogen) atoms. The maximum absolute atomic E-state index is 13.2. The molecule has 9 heteroatoms. The van der Waals surface area contributed by atoms with Gasteiger partial charge in [0.05, 0.1) is 24.8 Å². The molecule has 1 aromatic rings. The number of rotatable bonds is 1. The van der Waals surface area contributed by atoms with E-state index < -0.39 is 11.7 Å². The van der Waals surface area contributed by atoms with Crippen molar-refractivity contribution in [2.24, 2.45) is 0 Å². The minimum Gasteiger partial charge on any atom is -0.467 e.